The number of esters is 1. The number of fused-ring (bicyclic) bond motifs is 1. The van der Waals surface area contributed by atoms with Crippen LogP contribution in [0.3, 0.4) is 0 Å². The number of carbonyl (C=O) groups excluding carboxylic acids is 3. The molecule has 2 aliphatic rings. The minimum Gasteiger partial charge on any atom is -0.467 e. The van der Waals surface area contributed by atoms with Crippen molar-refractivity contribution in [3.63, 3.8) is 0 Å². The van der Waals surface area contributed by atoms with Crippen molar-refractivity contribution in [2.45, 2.75) is 38.7 Å². The summed E-state index contributed by atoms with van der Waals surface area (Å²) in [4.78, 5) is 37.1. The number of methoxy groups -OCH3 is 1. The van der Waals surface area contributed by atoms with Gasteiger partial charge >= 0.3 is 5.97 Å². The third-order valence-corrected chi connectivity index (χ3v) is 4.50. The van der Waals surface area contributed by atoms with Gasteiger partial charge in [0.1, 0.15) is 0 Å². The number of carbonyl (C=O) groups is 3. The molecule has 2 rings (SSSR count). The highest BCUT2D eigenvalue weighted by molar-refractivity contribution is 6.06. The van der Waals surface area contributed by atoms with Gasteiger partial charge in [-0.3, -0.25) is 14.5 Å². The summed E-state index contributed by atoms with van der Waals surface area (Å²) in [6.45, 7) is 2.98. The molecule has 20 heavy (non-hydrogen) atoms. The van der Waals surface area contributed by atoms with Gasteiger partial charge in [-0.2, -0.15) is 0 Å². The fraction of sp³-hybridized carbons (Fsp3) is 0.786. The Balaban J connectivity index is 2.11. The normalized spacial score (nSPS) is 32.2. The highest BCUT2D eigenvalue weighted by atomic mass is 16.5. The predicted molar refractivity (Wildman–Crippen MR) is 69.4 cm³/mol. The van der Waals surface area contributed by atoms with Crippen molar-refractivity contribution in [1.82, 2.24) is 4.90 Å². The summed E-state index contributed by atoms with van der Waals surface area (Å²) in [5.74, 6) is -1.51. The van der Waals surface area contributed by atoms with Crippen LogP contribution in [0.4, 0.5) is 0 Å². The van der Waals surface area contributed by atoms with E-state index < -0.39 is 11.6 Å². The smallest absolute Gasteiger partial charge is 0.339 e. The van der Waals surface area contributed by atoms with E-state index in [1.807, 2.05) is 0 Å². The maximum Gasteiger partial charge on any atom is 0.339 e. The highest BCUT2D eigenvalue weighted by Crippen LogP contribution is 2.44. The quantitative estimate of drug-likeness (QED) is 0.594. The second kappa shape index (κ2) is 5.16. The number of β-amino-alcohol motifs (C(OH)–C–C–N with tert-alkyl or cyclic N) is 1. The molecule has 1 heterocycles. The molecule has 6 nitrogen and oxygen atoms in total. The molecule has 3 unspecified atom stereocenters. The Morgan fingerprint density at radius 2 is 1.85 bits per heavy atom. The van der Waals surface area contributed by atoms with Crippen LogP contribution in [0.25, 0.3) is 0 Å². The number of likely N-dealkylation sites (tertiary alicyclic amines) is 1. The van der Waals surface area contributed by atoms with Crippen LogP contribution in [0.5, 0.6) is 0 Å². The molecule has 0 spiro atoms. The first kappa shape index (κ1) is 15.0. The average molecular weight is 283 g/mol. The zero-order valence-corrected chi connectivity index (χ0v) is 12.1. The van der Waals surface area contributed by atoms with Crippen molar-refractivity contribution in [1.29, 1.82) is 0 Å². The molecular weight excluding hydrogens is 262 g/mol. The Kier molecular flexibility index (Phi) is 3.86. The van der Waals surface area contributed by atoms with Crippen LogP contribution >= 0.6 is 0 Å². The maximum atomic E-state index is 12.3. The lowest BCUT2D eigenvalue weighted by Crippen LogP contribution is -2.49. The van der Waals surface area contributed by atoms with E-state index in [2.05, 4.69) is 11.7 Å². The van der Waals surface area contributed by atoms with Gasteiger partial charge < -0.3 is 9.84 Å². The van der Waals surface area contributed by atoms with E-state index in [-0.39, 0.29) is 30.2 Å². The van der Waals surface area contributed by atoms with E-state index in [4.69, 9.17) is 0 Å². The van der Waals surface area contributed by atoms with Gasteiger partial charge in [-0.15, -0.1) is 0 Å². The van der Waals surface area contributed by atoms with Gasteiger partial charge in [0.2, 0.25) is 11.8 Å². The number of imide groups is 1. The number of rotatable bonds is 4. The first-order valence-corrected chi connectivity index (χ1v) is 6.97. The number of hydrogen-bond acceptors (Lipinski definition) is 5. The molecule has 2 fully saturated rings. The lowest BCUT2D eigenvalue weighted by molar-refractivity contribution is -0.164. The summed E-state index contributed by atoms with van der Waals surface area (Å²) < 4.78 is 4.49. The minimum absolute atomic E-state index is 0.264. The second-order valence-corrected chi connectivity index (χ2v) is 5.99. The number of nitrogens with zero attached hydrogens (tertiary/aromatic N) is 1. The van der Waals surface area contributed by atoms with Crippen molar-refractivity contribution >= 4 is 17.8 Å². The Hall–Kier alpha value is -1.43. The van der Waals surface area contributed by atoms with Crippen molar-refractivity contribution < 1.29 is 24.2 Å². The fourth-order valence-electron chi connectivity index (χ4n) is 3.28. The van der Waals surface area contributed by atoms with Crippen LogP contribution in [-0.2, 0) is 19.1 Å². The standard InChI is InChI=1S/C14H21NO5/c1-4-8-5-9-10(6-8)12(17)15(11(9)16)7-14(2,19)13(18)20-3/h8-10,19H,4-7H2,1-3H3. The Bertz CT molecular complexity index is 421. The van der Waals surface area contributed by atoms with E-state index in [0.29, 0.717) is 5.92 Å². The molecule has 0 radical (unpaired) electrons. The van der Waals surface area contributed by atoms with Crippen LogP contribution in [-0.4, -0.2) is 47.0 Å². The summed E-state index contributed by atoms with van der Waals surface area (Å²) in [5, 5.41) is 10.0. The Morgan fingerprint density at radius 1 is 1.35 bits per heavy atom. The third kappa shape index (κ3) is 2.32. The van der Waals surface area contributed by atoms with Crippen LogP contribution in [0.1, 0.15) is 33.1 Å². The van der Waals surface area contributed by atoms with E-state index in [0.717, 1.165) is 31.3 Å². The summed E-state index contributed by atoms with van der Waals surface area (Å²) in [5.41, 5.74) is -1.86. The van der Waals surface area contributed by atoms with Crippen molar-refractivity contribution in [3.05, 3.63) is 0 Å². The van der Waals surface area contributed by atoms with Gasteiger partial charge in [0.05, 0.1) is 25.5 Å². The molecule has 0 bridgehead atoms. The van der Waals surface area contributed by atoms with Gasteiger partial charge in [-0.1, -0.05) is 13.3 Å². The first-order chi connectivity index (χ1) is 9.31. The molecule has 112 valence electrons. The molecule has 2 amide bonds. The number of amides is 2. The average Bonchev–Trinajstić information content (AvgIpc) is 2.93. The lowest BCUT2D eigenvalue weighted by atomic mass is 10.00. The van der Waals surface area contributed by atoms with Crippen LogP contribution in [0, 0.1) is 17.8 Å². The number of aliphatic hydroxyl groups is 1. The molecular formula is C14H21NO5. The Labute approximate surface area is 118 Å². The molecule has 0 aromatic carbocycles. The Morgan fingerprint density at radius 3 is 2.25 bits per heavy atom. The van der Waals surface area contributed by atoms with Crippen LogP contribution in [0.2, 0.25) is 0 Å². The zero-order valence-electron chi connectivity index (χ0n) is 12.1. The zero-order chi connectivity index (χ0) is 15.1. The van der Waals surface area contributed by atoms with E-state index in [1.54, 1.807) is 0 Å². The molecule has 6 heteroatoms. The maximum absolute atomic E-state index is 12.3. The molecule has 1 aliphatic carbocycles. The van der Waals surface area contributed by atoms with Gasteiger partial charge in [0.15, 0.2) is 5.60 Å². The highest BCUT2D eigenvalue weighted by Gasteiger charge is 2.54. The molecule has 1 N–H and O–H groups in total. The summed E-state index contributed by atoms with van der Waals surface area (Å²) in [7, 11) is 1.16. The molecule has 3 atom stereocenters. The fourth-order valence-corrected chi connectivity index (χ4v) is 3.28. The number of ether oxygens (including phenoxy) is 1. The molecule has 1 aliphatic heterocycles. The molecule has 0 aromatic heterocycles. The van der Waals surface area contributed by atoms with Crippen molar-refractivity contribution in [2.75, 3.05) is 13.7 Å². The second-order valence-electron chi connectivity index (χ2n) is 5.99. The van der Waals surface area contributed by atoms with Crippen LogP contribution in [0.15, 0.2) is 0 Å². The summed E-state index contributed by atoms with van der Waals surface area (Å²) in [6.07, 6.45) is 2.42. The summed E-state index contributed by atoms with van der Waals surface area (Å²) in [6, 6.07) is 0. The molecule has 1 saturated carbocycles. The lowest BCUT2D eigenvalue weighted by Gasteiger charge is -2.26. The first-order valence-electron chi connectivity index (χ1n) is 6.97. The van der Waals surface area contributed by atoms with Crippen molar-refractivity contribution in [2.24, 2.45) is 17.8 Å². The van der Waals surface area contributed by atoms with Gasteiger partial charge in [-0.05, 0) is 25.7 Å². The van der Waals surface area contributed by atoms with Gasteiger partial charge in [0.25, 0.3) is 0 Å². The SMILES string of the molecule is CCC1CC2C(=O)N(CC(C)(O)C(=O)OC)C(=O)C2C1. The predicted octanol–water partition coefficient (Wildman–Crippen LogP) is 0.332. The molecule has 0 aromatic rings. The largest absolute Gasteiger partial charge is 0.467 e. The third-order valence-electron chi connectivity index (χ3n) is 4.50. The van der Waals surface area contributed by atoms with Gasteiger partial charge in [-0.25, -0.2) is 4.79 Å². The van der Waals surface area contributed by atoms with E-state index in [9.17, 15) is 19.5 Å². The monoisotopic (exact) mass is 283 g/mol. The van der Waals surface area contributed by atoms with Crippen LogP contribution < -0.4 is 0 Å². The number of hydrogen-bond donors (Lipinski definition) is 1. The minimum atomic E-state index is -1.86. The van der Waals surface area contributed by atoms with E-state index in [1.165, 1.54) is 6.92 Å². The van der Waals surface area contributed by atoms with E-state index >= 15 is 0 Å². The summed E-state index contributed by atoms with van der Waals surface area (Å²) >= 11 is 0. The topological polar surface area (TPSA) is 83.9 Å². The molecule has 1 saturated heterocycles. The van der Waals surface area contributed by atoms with Crippen molar-refractivity contribution in [3.8, 4) is 0 Å². The van der Waals surface area contributed by atoms with Gasteiger partial charge in [0, 0.05) is 0 Å².